The number of carboxylic acid groups (broad SMARTS) is 1. The van der Waals surface area contributed by atoms with E-state index in [9.17, 15) is 32.8 Å². The molecule has 2 unspecified atom stereocenters. The minimum Gasteiger partial charge on any atom is -0.508 e. The van der Waals surface area contributed by atoms with Gasteiger partial charge >= 0.3 is 5.97 Å². The molecule has 3 atom stereocenters. The van der Waals surface area contributed by atoms with Crippen molar-refractivity contribution in [2.45, 2.75) is 29.9 Å². The molecule has 0 aliphatic carbocycles. The SMILES string of the molecule is CC(/C=C/c1cc(Cl)c(C(=O)N[C@@H](Cc2cccc(S(C)(=O)=O)c2)C(=O)O)c(Cl)c1)P(C)(=O)c1cccc(O)c1. The number of benzene rings is 3. The number of carbonyl (C=O) groups is 2. The lowest BCUT2D eigenvalue weighted by Gasteiger charge is -2.19. The zero-order chi connectivity index (χ0) is 29.8. The van der Waals surface area contributed by atoms with Crippen molar-refractivity contribution < 1.29 is 32.8 Å². The van der Waals surface area contributed by atoms with Gasteiger partial charge in [0.05, 0.1) is 20.5 Å². The van der Waals surface area contributed by atoms with Crippen LogP contribution in [0.3, 0.4) is 0 Å². The normalized spacial score (nSPS) is 14.8. The second-order valence-electron chi connectivity index (χ2n) is 9.46. The highest BCUT2D eigenvalue weighted by Crippen LogP contribution is 2.46. The molecule has 0 spiro atoms. The second kappa shape index (κ2) is 12.6. The maximum absolute atomic E-state index is 13.4. The highest BCUT2D eigenvalue weighted by atomic mass is 35.5. The lowest BCUT2D eigenvalue weighted by Crippen LogP contribution is -2.42. The van der Waals surface area contributed by atoms with Crippen LogP contribution in [0.15, 0.2) is 71.6 Å². The van der Waals surface area contributed by atoms with E-state index in [4.69, 9.17) is 23.2 Å². The Morgan fingerprint density at radius 3 is 2.25 bits per heavy atom. The fraction of sp³-hybridized carbons (Fsp3) is 0.214. The molecule has 0 aromatic heterocycles. The van der Waals surface area contributed by atoms with Crippen LogP contribution >= 0.6 is 30.3 Å². The monoisotopic (exact) mass is 623 g/mol. The van der Waals surface area contributed by atoms with Gasteiger partial charge in [-0.3, -0.25) is 4.79 Å². The number of aliphatic carboxylic acids is 1. The average molecular weight is 624 g/mol. The van der Waals surface area contributed by atoms with Crippen LogP contribution in [0, 0.1) is 0 Å². The molecule has 0 saturated heterocycles. The molecule has 12 heteroatoms. The maximum Gasteiger partial charge on any atom is 0.326 e. The van der Waals surface area contributed by atoms with Gasteiger partial charge in [-0.1, -0.05) is 66.5 Å². The van der Waals surface area contributed by atoms with Crippen molar-refractivity contribution >= 4 is 63.4 Å². The van der Waals surface area contributed by atoms with Crippen molar-refractivity contribution in [3.05, 3.63) is 93.5 Å². The fourth-order valence-corrected chi connectivity index (χ4v) is 6.92. The Balaban J connectivity index is 1.79. The Labute approximate surface area is 242 Å². The largest absolute Gasteiger partial charge is 0.508 e. The fourth-order valence-electron chi connectivity index (χ4n) is 3.89. The number of aromatic hydroxyl groups is 1. The number of rotatable bonds is 10. The lowest BCUT2D eigenvalue weighted by atomic mass is 10.0. The predicted octanol–water partition coefficient (Wildman–Crippen LogP) is 5.25. The van der Waals surface area contributed by atoms with E-state index in [1.807, 2.05) is 0 Å². The van der Waals surface area contributed by atoms with Gasteiger partial charge < -0.3 is 20.1 Å². The Morgan fingerprint density at radius 1 is 1.05 bits per heavy atom. The number of carboxylic acids is 1. The van der Waals surface area contributed by atoms with Crippen LogP contribution in [0.2, 0.25) is 10.0 Å². The van der Waals surface area contributed by atoms with E-state index in [0.717, 1.165) is 6.26 Å². The number of hydrogen-bond acceptors (Lipinski definition) is 6. The van der Waals surface area contributed by atoms with E-state index in [0.29, 0.717) is 16.4 Å². The summed E-state index contributed by atoms with van der Waals surface area (Å²) in [6.07, 6.45) is 4.26. The maximum atomic E-state index is 13.4. The lowest BCUT2D eigenvalue weighted by molar-refractivity contribution is -0.139. The Hall–Kier alpha value is -3.10. The van der Waals surface area contributed by atoms with Crippen LogP contribution in [0.4, 0.5) is 0 Å². The van der Waals surface area contributed by atoms with E-state index in [-0.39, 0.29) is 32.7 Å². The first-order valence-corrected chi connectivity index (χ1v) is 16.8. The number of halogens is 2. The van der Waals surface area contributed by atoms with Gasteiger partial charge in [-0.05, 0) is 54.2 Å². The molecule has 3 N–H and O–H groups in total. The topological polar surface area (TPSA) is 138 Å². The molecule has 3 aromatic rings. The number of phenols is 1. The molecule has 3 aromatic carbocycles. The summed E-state index contributed by atoms with van der Waals surface area (Å²) in [6.45, 7) is 3.41. The molecule has 0 saturated carbocycles. The van der Waals surface area contributed by atoms with Gasteiger partial charge in [0.1, 0.15) is 18.9 Å². The standard InChI is InChI=1S/C28H28Cl2NO7PS/c1-17(39(2,36)21-8-5-7-20(32)16-21)10-11-19-13-23(29)26(24(30)14-19)27(33)31-25(28(34)35)15-18-6-4-9-22(12-18)40(3,37)38/h4-14,16-17,25,32H,15H2,1-3H3,(H,31,33)(H,34,35)/b11-10+/t17?,25-,39?/m0/s1. The van der Waals surface area contributed by atoms with Crippen molar-refractivity contribution in [1.82, 2.24) is 5.32 Å². The summed E-state index contributed by atoms with van der Waals surface area (Å²) < 4.78 is 37.1. The molecule has 1 amide bonds. The third-order valence-corrected chi connectivity index (χ3v) is 11.1. The molecule has 0 fully saturated rings. The van der Waals surface area contributed by atoms with Gasteiger partial charge in [-0.15, -0.1) is 0 Å². The first-order chi connectivity index (χ1) is 18.6. The van der Waals surface area contributed by atoms with Crippen molar-refractivity contribution in [2.24, 2.45) is 0 Å². The average Bonchev–Trinajstić information content (AvgIpc) is 2.86. The molecule has 0 radical (unpaired) electrons. The molecule has 40 heavy (non-hydrogen) atoms. The second-order valence-corrected chi connectivity index (χ2v) is 15.6. The zero-order valence-corrected chi connectivity index (χ0v) is 25.1. The summed E-state index contributed by atoms with van der Waals surface area (Å²) in [4.78, 5) is 24.9. The summed E-state index contributed by atoms with van der Waals surface area (Å²) >= 11 is 12.7. The first-order valence-electron chi connectivity index (χ1n) is 12.0. The third-order valence-electron chi connectivity index (χ3n) is 6.35. The molecule has 0 aliphatic rings. The Morgan fingerprint density at radius 2 is 1.68 bits per heavy atom. The number of hydrogen-bond donors (Lipinski definition) is 3. The Kier molecular flexibility index (Phi) is 9.90. The molecule has 3 rings (SSSR count). The third kappa shape index (κ3) is 7.76. The molecule has 0 bridgehead atoms. The van der Waals surface area contributed by atoms with Crippen LogP contribution in [-0.4, -0.2) is 55.1 Å². The number of phenolic OH excluding ortho intramolecular Hbond substituents is 1. The highest BCUT2D eigenvalue weighted by molar-refractivity contribution is 7.90. The van der Waals surface area contributed by atoms with Crippen LogP contribution in [0.1, 0.15) is 28.4 Å². The van der Waals surface area contributed by atoms with Crippen LogP contribution in [-0.2, 0) is 25.6 Å². The van der Waals surface area contributed by atoms with Gasteiger partial charge in [0, 0.05) is 23.6 Å². The van der Waals surface area contributed by atoms with Gasteiger partial charge in [0.15, 0.2) is 9.84 Å². The van der Waals surface area contributed by atoms with Gasteiger partial charge in [-0.25, -0.2) is 13.2 Å². The summed E-state index contributed by atoms with van der Waals surface area (Å²) in [6, 6.07) is 13.7. The van der Waals surface area contributed by atoms with Crippen molar-refractivity contribution in [3.63, 3.8) is 0 Å². The number of sulfone groups is 1. The number of amides is 1. The van der Waals surface area contributed by atoms with Gasteiger partial charge in [0.2, 0.25) is 0 Å². The van der Waals surface area contributed by atoms with E-state index in [1.54, 1.807) is 43.9 Å². The number of allylic oxidation sites excluding steroid dienone is 1. The molecular formula is C28H28Cl2NO7PS. The molecular weight excluding hydrogens is 596 g/mol. The quantitative estimate of drug-likeness (QED) is 0.262. The van der Waals surface area contributed by atoms with E-state index >= 15 is 0 Å². The van der Waals surface area contributed by atoms with E-state index in [1.165, 1.54) is 42.5 Å². The summed E-state index contributed by atoms with van der Waals surface area (Å²) in [7, 11) is -6.38. The summed E-state index contributed by atoms with van der Waals surface area (Å²) in [5.41, 5.74) is 0.418. The molecule has 212 valence electrons. The van der Waals surface area contributed by atoms with Crippen LogP contribution in [0.25, 0.3) is 6.08 Å². The van der Waals surface area contributed by atoms with Crippen molar-refractivity contribution in [2.75, 3.05) is 12.9 Å². The van der Waals surface area contributed by atoms with Crippen molar-refractivity contribution in [3.8, 4) is 5.75 Å². The highest BCUT2D eigenvalue weighted by Gasteiger charge is 2.26. The van der Waals surface area contributed by atoms with E-state index < -0.39 is 40.6 Å². The minimum absolute atomic E-state index is 0.0202. The molecule has 0 heterocycles. The van der Waals surface area contributed by atoms with Gasteiger partial charge in [0.25, 0.3) is 5.91 Å². The summed E-state index contributed by atoms with van der Waals surface area (Å²) in [5, 5.41) is 22.3. The zero-order valence-electron chi connectivity index (χ0n) is 21.8. The van der Waals surface area contributed by atoms with E-state index in [2.05, 4.69) is 5.32 Å². The molecule has 8 nitrogen and oxygen atoms in total. The predicted molar refractivity (Wildman–Crippen MR) is 158 cm³/mol. The smallest absolute Gasteiger partial charge is 0.326 e. The molecule has 0 aliphatic heterocycles. The number of nitrogens with one attached hydrogen (secondary N) is 1. The van der Waals surface area contributed by atoms with Crippen molar-refractivity contribution in [1.29, 1.82) is 0 Å². The number of carbonyl (C=O) groups excluding carboxylic acids is 1. The van der Waals surface area contributed by atoms with Crippen LogP contribution in [0.5, 0.6) is 5.75 Å². The first kappa shape index (κ1) is 31.4. The minimum atomic E-state index is -3.50. The van der Waals surface area contributed by atoms with Gasteiger partial charge in [-0.2, -0.15) is 0 Å². The van der Waals surface area contributed by atoms with Crippen LogP contribution < -0.4 is 10.6 Å². The Bertz CT molecular complexity index is 1620. The summed E-state index contributed by atoms with van der Waals surface area (Å²) in [5.74, 6) is -2.11.